The molecule has 0 atom stereocenters. The maximum absolute atomic E-state index is 8.81. The highest BCUT2D eigenvalue weighted by molar-refractivity contribution is 7.98. The van der Waals surface area contributed by atoms with Crippen LogP contribution in [0.2, 0.25) is 0 Å². The summed E-state index contributed by atoms with van der Waals surface area (Å²) in [7, 11) is 0. The Hall–Kier alpha value is -1.60. The van der Waals surface area contributed by atoms with Crippen molar-refractivity contribution in [2.24, 2.45) is 0 Å². The van der Waals surface area contributed by atoms with Gasteiger partial charge in [0.2, 0.25) is 5.16 Å². The number of H-pyrrole nitrogens is 1. The Balaban J connectivity index is 1.99. The molecule has 0 saturated heterocycles. The lowest BCUT2D eigenvalue weighted by atomic mass is 10.3. The van der Waals surface area contributed by atoms with Crippen molar-refractivity contribution in [1.29, 1.82) is 0 Å². The smallest absolute Gasteiger partial charge is 0.208 e. The number of hydrogen-bond donors (Lipinski definition) is 3. The zero-order chi connectivity index (χ0) is 11.4. The summed E-state index contributed by atoms with van der Waals surface area (Å²) in [4.78, 5) is 8.05. The summed E-state index contributed by atoms with van der Waals surface area (Å²) in [5.74, 6) is 1.64. The topological polar surface area (TPSA) is 101 Å². The van der Waals surface area contributed by atoms with E-state index in [0.717, 1.165) is 5.56 Å². The van der Waals surface area contributed by atoms with Gasteiger partial charge in [0.15, 0.2) is 5.82 Å². The Bertz CT molecular complexity index is 472. The molecule has 0 spiro atoms. The molecule has 6 nitrogen and oxygen atoms in total. The summed E-state index contributed by atoms with van der Waals surface area (Å²) in [6, 6.07) is 3.75. The molecule has 2 aromatic rings. The zero-order valence-electron chi connectivity index (χ0n) is 8.42. The van der Waals surface area contributed by atoms with Gasteiger partial charge in [-0.3, -0.25) is 5.10 Å². The molecule has 7 heteroatoms. The second-order valence-electron chi connectivity index (χ2n) is 3.06. The van der Waals surface area contributed by atoms with Crippen molar-refractivity contribution in [2.45, 2.75) is 17.5 Å². The second kappa shape index (κ2) is 4.95. The summed E-state index contributed by atoms with van der Waals surface area (Å²) in [5, 5.41) is 16.0. The van der Waals surface area contributed by atoms with E-state index < -0.39 is 0 Å². The van der Waals surface area contributed by atoms with Crippen molar-refractivity contribution in [3.8, 4) is 0 Å². The standard InChI is InChI=1S/C9H11N5OS/c10-8-6(2-1-3-11-8)5-16-9-12-7(4-15)13-14-9/h1-3,15H,4-5H2,(H2,10,11)(H,12,13,14). The van der Waals surface area contributed by atoms with E-state index in [1.54, 1.807) is 6.20 Å². The fraction of sp³-hybridized carbons (Fsp3) is 0.222. The first-order chi connectivity index (χ1) is 7.79. The lowest BCUT2D eigenvalue weighted by Gasteiger charge is -2.00. The average Bonchev–Trinajstić information content (AvgIpc) is 2.76. The van der Waals surface area contributed by atoms with Gasteiger partial charge in [0.05, 0.1) is 0 Å². The molecule has 2 aromatic heterocycles. The first-order valence-corrected chi connectivity index (χ1v) is 5.62. The predicted molar refractivity (Wildman–Crippen MR) is 60.5 cm³/mol. The van der Waals surface area contributed by atoms with Crippen LogP contribution in [0.4, 0.5) is 5.82 Å². The van der Waals surface area contributed by atoms with Crippen molar-refractivity contribution >= 4 is 17.6 Å². The van der Waals surface area contributed by atoms with E-state index in [2.05, 4.69) is 20.2 Å². The SMILES string of the molecule is Nc1ncccc1CSc1n[nH]c(CO)n1. The maximum atomic E-state index is 8.81. The number of hydrogen-bond acceptors (Lipinski definition) is 6. The number of anilines is 1. The van der Waals surface area contributed by atoms with Gasteiger partial charge in [0, 0.05) is 17.5 Å². The number of pyridine rings is 1. The number of aromatic nitrogens is 4. The molecule has 16 heavy (non-hydrogen) atoms. The molecular formula is C9H11N5OS. The highest BCUT2D eigenvalue weighted by Crippen LogP contribution is 2.21. The number of nitrogens with two attached hydrogens (primary N) is 1. The Labute approximate surface area is 96.3 Å². The molecule has 0 amide bonds. The molecule has 0 unspecified atom stereocenters. The van der Waals surface area contributed by atoms with E-state index in [1.807, 2.05) is 12.1 Å². The highest BCUT2D eigenvalue weighted by Gasteiger charge is 2.05. The van der Waals surface area contributed by atoms with Gasteiger partial charge in [0.1, 0.15) is 12.4 Å². The molecule has 2 rings (SSSR count). The third kappa shape index (κ3) is 2.50. The number of aliphatic hydroxyl groups excluding tert-OH is 1. The first kappa shape index (κ1) is 10.9. The van der Waals surface area contributed by atoms with Gasteiger partial charge in [-0.1, -0.05) is 17.8 Å². The summed E-state index contributed by atoms with van der Waals surface area (Å²) in [6.45, 7) is -0.136. The quantitative estimate of drug-likeness (QED) is 0.672. The van der Waals surface area contributed by atoms with Crippen molar-refractivity contribution in [2.75, 3.05) is 5.73 Å². The van der Waals surface area contributed by atoms with Crippen LogP contribution in [0, 0.1) is 0 Å². The summed E-state index contributed by atoms with van der Waals surface area (Å²) in [5.41, 5.74) is 6.65. The van der Waals surface area contributed by atoms with Gasteiger partial charge in [0.25, 0.3) is 0 Å². The molecule has 0 radical (unpaired) electrons. The molecule has 0 aliphatic carbocycles. The fourth-order valence-electron chi connectivity index (χ4n) is 1.13. The maximum Gasteiger partial charge on any atom is 0.208 e. The first-order valence-electron chi connectivity index (χ1n) is 4.64. The van der Waals surface area contributed by atoms with Gasteiger partial charge in [-0.15, -0.1) is 5.10 Å². The van der Waals surface area contributed by atoms with Crippen LogP contribution in [0.3, 0.4) is 0 Å². The van der Waals surface area contributed by atoms with Crippen LogP contribution in [-0.4, -0.2) is 25.3 Å². The minimum atomic E-state index is -0.136. The van der Waals surface area contributed by atoms with Crippen molar-refractivity contribution in [3.63, 3.8) is 0 Å². The van der Waals surface area contributed by atoms with E-state index in [0.29, 0.717) is 22.6 Å². The molecule has 0 aromatic carbocycles. The van der Waals surface area contributed by atoms with Gasteiger partial charge < -0.3 is 10.8 Å². The van der Waals surface area contributed by atoms with Crippen molar-refractivity contribution in [3.05, 3.63) is 29.7 Å². The van der Waals surface area contributed by atoms with E-state index in [1.165, 1.54) is 11.8 Å². The largest absolute Gasteiger partial charge is 0.388 e. The fourth-order valence-corrected chi connectivity index (χ4v) is 1.94. The predicted octanol–water partition coefficient (Wildman–Crippen LogP) is 0.567. The Morgan fingerprint density at radius 1 is 1.50 bits per heavy atom. The number of aromatic amines is 1. The third-order valence-electron chi connectivity index (χ3n) is 1.94. The monoisotopic (exact) mass is 237 g/mol. The zero-order valence-corrected chi connectivity index (χ0v) is 9.24. The highest BCUT2D eigenvalue weighted by atomic mass is 32.2. The van der Waals surface area contributed by atoms with E-state index in [4.69, 9.17) is 10.8 Å². The van der Waals surface area contributed by atoms with Gasteiger partial charge in [-0.25, -0.2) is 9.97 Å². The molecule has 0 bridgehead atoms. The lowest BCUT2D eigenvalue weighted by molar-refractivity contribution is 0.271. The average molecular weight is 237 g/mol. The number of thioether (sulfide) groups is 1. The molecule has 4 N–H and O–H groups in total. The van der Waals surface area contributed by atoms with Crippen LogP contribution >= 0.6 is 11.8 Å². The number of aliphatic hydroxyl groups is 1. The molecular weight excluding hydrogens is 226 g/mol. The normalized spacial score (nSPS) is 10.6. The Morgan fingerprint density at radius 2 is 2.38 bits per heavy atom. The van der Waals surface area contributed by atoms with Crippen LogP contribution in [0.1, 0.15) is 11.4 Å². The van der Waals surface area contributed by atoms with Gasteiger partial charge in [-0.2, -0.15) is 0 Å². The lowest BCUT2D eigenvalue weighted by Crippen LogP contribution is -1.95. The van der Waals surface area contributed by atoms with E-state index >= 15 is 0 Å². The van der Waals surface area contributed by atoms with Gasteiger partial charge >= 0.3 is 0 Å². The van der Waals surface area contributed by atoms with Crippen molar-refractivity contribution in [1.82, 2.24) is 20.2 Å². The Morgan fingerprint density at radius 3 is 3.06 bits per heavy atom. The summed E-state index contributed by atoms with van der Waals surface area (Å²) >= 11 is 1.44. The number of rotatable bonds is 4. The van der Waals surface area contributed by atoms with Crippen LogP contribution in [0.15, 0.2) is 23.5 Å². The van der Waals surface area contributed by atoms with Gasteiger partial charge in [-0.05, 0) is 6.07 Å². The Kier molecular flexibility index (Phi) is 3.37. The minimum absolute atomic E-state index is 0.136. The molecule has 0 aliphatic rings. The summed E-state index contributed by atoms with van der Waals surface area (Å²) in [6.07, 6.45) is 1.65. The summed E-state index contributed by atoms with van der Waals surface area (Å²) < 4.78 is 0. The van der Waals surface area contributed by atoms with Crippen LogP contribution < -0.4 is 5.73 Å². The molecule has 0 saturated carbocycles. The van der Waals surface area contributed by atoms with Crippen LogP contribution in [0.25, 0.3) is 0 Å². The molecule has 84 valence electrons. The third-order valence-corrected chi connectivity index (χ3v) is 2.84. The number of nitrogens with zero attached hydrogens (tertiary/aromatic N) is 3. The molecule has 0 fully saturated rings. The number of nitrogens with one attached hydrogen (secondary N) is 1. The van der Waals surface area contributed by atoms with Crippen LogP contribution in [0.5, 0.6) is 0 Å². The minimum Gasteiger partial charge on any atom is -0.388 e. The molecule has 2 heterocycles. The van der Waals surface area contributed by atoms with E-state index in [9.17, 15) is 0 Å². The second-order valence-corrected chi connectivity index (χ2v) is 4.00. The van der Waals surface area contributed by atoms with Crippen LogP contribution in [-0.2, 0) is 12.4 Å². The number of nitrogen functional groups attached to an aromatic ring is 1. The van der Waals surface area contributed by atoms with Crippen molar-refractivity contribution < 1.29 is 5.11 Å². The molecule has 0 aliphatic heterocycles. The van der Waals surface area contributed by atoms with E-state index in [-0.39, 0.29) is 6.61 Å².